The fourth-order valence-corrected chi connectivity index (χ4v) is 5.43. The van der Waals surface area contributed by atoms with Gasteiger partial charge in [0.1, 0.15) is 28.9 Å². The van der Waals surface area contributed by atoms with E-state index in [0.717, 1.165) is 23.1 Å². The molecule has 4 aromatic rings. The number of amides is 2. The number of carbonyl (C=O) groups is 2. The van der Waals surface area contributed by atoms with Crippen molar-refractivity contribution >= 4 is 23.2 Å². The van der Waals surface area contributed by atoms with Crippen molar-refractivity contribution in [1.82, 2.24) is 15.2 Å². The highest BCUT2D eigenvalue weighted by Crippen LogP contribution is 2.38. The van der Waals surface area contributed by atoms with Crippen molar-refractivity contribution in [3.8, 4) is 5.75 Å². The lowest BCUT2D eigenvalue weighted by Crippen LogP contribution is -2.42. The minimum Gasteiger partial charge on any atom is -0.486 e. The molecule has 0 aliphatic carbocycles. The molecule has 5 rings (SSSR count). The first-order chi connectivity index (χ1) is 18.9. The number of halogens is 1. The van der Waals surface area contributed by atoms with E-state index in [9.17, 15) is 14.0 Å². The summed E-state index contributed by atoms with van der Waals surface area (Å²) < 4.78 is 19.2. The Morgan fingerprint density at radius 1 is 1.10 bits per heavy atom. The number of aromatic nitrogens is 1. The molecule has 0 saturated carbocycles. The van der Waals surface area contributed by atoms with Crippen LogP contribution in [0.15, 0.2) is 78.2 Å². The van der Waals surface area contributed by atoms with Gasteiger partial charge in [0, 0.05) is 24.4 Å². The normalized spacial score (nSPS) is 14.7. The summed E-state index contributed by atoms with van der Waals surface area (Å²) in [6.07, 6.45) is 0.792. The van der Waals surface area contributed by atoms with Crippen LogP contribution in [0.1, 0.15) is 57.6 Å². The number of benzene rings is 3. The molecule has 39 heavy (non-hydrogen) atoms. The van der Waals surface area contributed by atoms with Crippen LogP contribution in [0.2, 0.25) is 0 Å². The molecule has 2 heterocycles. The molecule has 1 atom stereocenters. The van der Waals surface area contributed by atoms with E-state index in [-0.39, 0.29) is 42.7 Å². The number of nitrogens with one attached hydrogen (secondary N) is 1. The van der Waals surface area contributed by atoms with Gasteiger partial charge in [-0.15, -0.1) is 11.3 Å². The van der Waals surface area contributed by atoms with Gasteiger partial charge < -0.3 is 15.0 Å². The largest absolute Gasteiger partial charge is 0.486 e. The highest BCUT2D eigenvalue weighted by Gasteiger charge is 2.33. The molecule has 6 nitrogen and oxygen atoms in total. The molecule has 1 aliphatic rings. The van der Waals surface area contributed by atoms with E-state index >= 15 is 0 Å². The number of hydrogen-bond acceptors (Lipinski definition) is 5. The number of ether oxygens (including phenoxy) is 1. The van der Waals surface area contributed by atoms with E-state index in [1.54, 1.807) is 17.5 Å². The average molecular weight is 544 g/mol. The molecular weight excluding hydrogens is 513 g/mol. The maximum atomic E-state index is 13.1. The number of nitrogens with zero attached hydrogens (tertiary/aromatic N) is 2. The standard InChI is InChI=1S/C31H30FN3O3S/c1-20(2)31(37)35-15-14-22-10-13-25(16-26(22)29(35)23-6-4-3-5-7-23)38-18-28-34-27(19-39-28)30(36)33-17-21-8-11-24(32)12-9-21/h3-13,16,19-20,29H,14-15,17-18H2,1-2H3,(H,33,36). The van der Waals surface area contributed by atoms with Gasteiger partial charge in [-0.25, -0.2) is 9.37 Å². The molecule has 0 spiro atoms. The summed E-state index contributed by atoms with van der Waals surface area (Å²) in [4.78, 5) is 32.0. The predicted octanol–water partition coefficient (Wildman–Crippen LogP) is 5.92. The van der Waals surface area contributed by atoms with E-state index in [4.69, 9.17) is 4.74 Å². The Bertz CT molecular complexity index is 1450. The third-order valence-corrected chi connectivity index (χ3v) is 7.57. The van der Waals surface area contributed by atoms with Crippen LogP contribution in [0.4, 0.5) is 4.39 Å². The highest BCUT2D eigenvalue weighted by atomic mass is 32.1. The second kappa shape index (κ2) is 11.8. The molecule has 3 aromatic carbocycles. The molecule has 1 aliphatic heterocycles. The van der Waals surface area contributed by atoms with Crippen LogP contribution in [0, 0.1) is 11.7 Å². The molecule has 0 fully saturated rings. The van der Waals surface area contributed by atoms with Gasteiger partial charge in [0.25, 0.3) is 5.91 Å². The van der Waals surface area contributed by atoms with Crippen LogP contribution in [0.25, 0.3) is 0 Å². The zero-order valence-corrected chi connectivity index (χ0v) is 22.7. The van der Waals surface area contributed by atoms with Crippen LogP contribution >= 0.6 is 11.3 Å². The Morgan fingerprint density at radius 3 is 2.62 bits per heavy atom. The maximum absolute atomic E-state index is 13.1. The Kier molecular flexibility index (Phi) is 8.02. The lowest BCUT2D eigenvalue weighted by molar-refractivity contribution is -0.136. The predicted molar refractivity (Wildman–Crippen MR) is 149 cm³/mol. The van der Waals surface area contributed by atoms with Crippen molar-refractivity contribution in [3.63, 3.8) is 0 Å². The van der Waals surface area contributed by atoms with Crippen molar-refractivity contribution in [2.24, 2.45) is 5.92 Å². The zero-order chi connectivity index (χ0) is 27.4. The van der Waals surface area contributed by atoms with Crippen LogP contribution in [-0.4, -0.2) is 28.2 Å². The molecule has 1 aromatic heterocycles. The van der Waals surface area contributed by atoms with Gasteiger partial charge in [-0.3, -0.25) is 9.59 Å². The van der Waals surface area contributed by atoms with Crippen LogP contribution in [0.5, 0.6) is 5.75 Å². The second-order valence-corrected chi connectivity index (χ2v) is 10.8. The van der Waals surface area contributed by atoms with Crippen molar-refractivity contribution in [2.45, 2.75) is 39.5 Å². The summed E-state index contributed by atoms with van der Waals surface area (Å²) in [7, 11) is 0. The minimum atomic E-state index is -0.315. The summed E-state index contributed by atoms with van der Waals surface area (Å²) in [5.74, 6) is 0.116. The van der Waals surface area contributed by atoms with Gasteiger partial charge in [-0.05, 0) is 52.9 Å². The van der Waals surface area contributed by atoms with E-state index in [1.165, 1.54) is 29.0 Å². The summed E-state index contributed by atoms with van der Waals surface area (Å²) in [6.45, 7) is 5.06. The molecule has 1 unspecified atom stereocenters. The summed E-state index contributed by atoms with van der Waals surface area (Å²) in [5, 5.41) is 5.18. The lowest BCUT2D eigenvalue weighted by Gasteiger charge is -2.39. The molecule has 8 heteroatoms. The highest BCUT2D eigenvalue weighted by molar-refractivity contribution is 7.09. The topological polar surface area (TPSA) is 71.5 Å². The Balaban J connectivity index is 1.28. The third-order valence-electron chi connectivity index (χ3n) is 6.75. The minimum absolute atomic E-state index is 0.0933. The molecule has 1 N–H and O–H groups in total. The number of fused-ring (bicyclic) bond motifs is 1. The molecule has 0 saturated heterocycles. The summed E-state index contributed by atoms with van der Waals surface area (Å²) >= 11 is 1.36. The Labute approximate surface area is 231 Å². The molecular formula is C31H30FN3O3S. The zero-order valence-electron chi connectivity index (χ0n) is 21.9. The van der Waals surface area contributed by atoms with E-state index in [2.05, 4.69) is 28.5 Å². The smallest absolute Gasteiger partial charge is 0.271 e. The summed E-state index contributed by atoms with van der Waals surface area (Å²) in [5.41, 5.74) is 4.47. The number of carbonyl (C=O) groups excluding carboxylic acids is 2. The average Bonchev–Trinajstić information content (AvgIpc) is 3.44. The first kappa shape index (κ1) is 26.6. The SMILES string of the molecule is CC(C)C(=O)N1CCc2ccc(OCc3nc(C(=O)NCc4ccc(F)cc4)cs3)cc2C1c1ccccc1. The monoisotopic (exact) mass is 543 g/mol. The fourth-order valence-electron chi connectivity index (χ4n) is 4.75. The van der Waals surface area contributed by atoms with Crippen LogP contribution < -0.4 is 10.1 Å². The van der Waals surface area contributed by atoms with Crippen LogP contribution in [-0.2, 0) is 24.4 Å². The number of thiazole rings is 1. The van der Waals surface area contributed by atoms with Gasteiger partial charge in [-0.2, -0.15) is 0 Å². The Hall–Kier alpha value is -4.04. The first-order valence-corrected chi connectivity index (χ1v) is 13.8. The van der Waals surface area contributed by atoms with Crippen molar-refractivity contribution < 1.29 is 18.7 Å². The summed E-state index contributed by atoms with van der Waals surface area (Å²) in [6, 6.07) is 22.0. The Morgan fingerprint density at radius 2 is 1.87 bits per heavy atom. The number of hydrogen-bond donors (Lipinski definition) is 1. The lowest BCUT2D eigenvalue weighted by atomic mass is 9.87. The fraction of sp³-hybridized carbons (Fsp3) is 0.258. The van der Waals surface area contributed by atoms with E-state index in [1.807, 2.05) is 49.1 Å². The first-order valence-electron chi connectivity index (χ1n) is 13.0. The van der Waals surface area contributed by atoms with Gasteiger partial charge in [0.15, 0.2) is 0 Å². The van der Waals surface area contributed by atoms with Crippen molar-refractivity contribution in [2.75, 3.05) is 6.54 Å². The van der Waals surface area contributed by atoms with E-state index < -0.39 is 0 Å². The molecule has 200 valence electrons. The number of rotatable bonds is 8. The molecule has 0 radical (unpaired) electrons. The molecule has 0 bridgehead atoms. The van der Waals surface area contributed by atoms with Gasteiger partial charge in [-0.1, -0.05) is 62.4 Å². The maximum Gasteiger partial charge on any atom is 0.271 e. The van der Waals surface area contributed by atoms with Crippen molar-refractivity contribution in [3.05, 3.63) is 117 Å². The van der Waals surface area contributed by atoms with Gasteiger partial charge in [0.05, 0.1) is 6.04 Å². The van der Waals surface area contributed by atoms with Gasteiger partial charge in [0.2, 0.25) is 5.91 Å². The van der Waals surface area contributed by atoms with Gasteiger partial charge >= 0.3 is 0 Å². The third kappa shape index (κ3) is 6.17. The quantitative estimate of drug-likeness (QED) is 0.299. The van der Waals surface area contributed by atoms with Crippen LogP contribution in [0.3, 0.4) is 0 Å². The second-order valence-electron chi connectivity index (χ2n) is 9.83. The molecule has 2 amide bonds. The van der Waals surface area contributed by atoms with Crippen molar-refractivity contribution in [1.29, 1.82) is 0 Å². The van der Waals surface area contributed by atoms with E-state index in [0.29, 0.717) is 23.0 Å².